The van der Waals surface area contributed by atoms with Gasteiger partial charge >= 0.3 is 0 Å². The van der Waals surface area contributed by atoms with Crippen LogP contribution in [0.1, 0.15) is 24.6 Å². The molecule has 1 amide bonds. The number of nitrogens with zero attached hydrogens (tertiary/aromatic N) is 1. The molecule has 2 rings (SSSR count). The van der Waals surface area contributed by atoms with E-state index in [0.29, 0.717) is 0 Å². The fourth-order valence-corrected chi connectivity index (χ4v) is 2.47. The van der Waals surface area contributed by atoms with Gasteiger partial charge in [-0.25, -0.2) is 5.43 Å². The Morgan fingerprint density at radius 2 is 2.33 bits per heavy atom. The van der Waals surface area contributed by atoms with Crippen molar-refractivity contribution in [2.75, 3.05) is 0 Å². The van der Waals surface area contributed by atoms with Crippen molar-refractivity contribution >= 4 is 38.9 Å². The number of amides is 1. The number of nitrogens with one attached hydrogen (secondary N) is 1. The van der Waals surface area contributed by atoms with Crippen LogP contribution in [0.15, 0.2) is 21.0 Å². The maximum Gasteiger partial charge on any atom is 0.243 e. The molecule has 1 N–H and O–H groups in total. The summed E-state index contributed by atoms with van der Waals surface area (Å²) in [5.74, 6) is 0.251. The Hall–Kier alpha value is -0.680. The van der Waals surface area contributed by atoms with Crippen LogP contribution in [0.2, 0.25) is 0 Å². The molecule has 0 radical (unpaired) electrons. The summed E-state index contributed by atoms with van der Waals surface area (Å²) in [7, 11) is 0. The third-order valence-corrected chi connectivity index (χ3v) is 3.94. The lowest BCUT2D eigenvalue weighted by molar-refractivity contribution is -0.122. The molecule has 1 aromatic rings. The molecule has 15 heavy (non-hydrogen) atoms. The summed E-state index contributed by atoms with van der Waals surface area (Å²) in [5, 5.41) is 4.08. The van der Waals surface area contributed by atoms with Gasteiger partial charge in [-0.1, -0.05) is 0 Å². The SMILES string of the molecule is C/C(=N/NC(=O)C1CC1)c1ccc(Br)s1. The number of carbonyl (C=O) groups excluding carboxylic acids is 1. The number of thiophene rings is 1. The van der Waals surface area contributed by atoms with Gasteiger partial charge in [-0.3, -0.25) is 4.79 Å². The smallest absolute Gasteiger partial charge is 0.243 e. The minimum absolute atomic E-state index is 0.0463. The van der Waals surface area contributed by atoms with E-state index < -0.39 is 0 Å². The Kier molecular flexibility index (Phi) is 3.21. The van der Waals surface area contributed by atoms with E-state index in [2.05, 4.69) is 26.5 Å². The first-order chi connectivity index (χ1) is 7.16. The second kappa shape index (κ2) is 4.45. The minimum Gasteiger partial charge on any atom is -0.273 e. The molecule has 1 aliphatic carbocycles. The van der Waals surface area contributed by atoms with Crippen molar-refractivity contribution in [1.82, 2.24) is 5.43 Å². The van der Waals surface area contributed by atoms with Gasteiger partial charge in [-0.15, -0.1) is 11.3 Å². The molecule has 1 fully saturated rings. The molecule has 5 heteroatoms. The van der Waals surface area contributed by atoms with E-state index in [4.69, 9.17) is 0 Å². The molecule has 1 heterocycles. The summed E-state index contributed by atoms with van der Waals surface area (Å²) >= 11 is 5.00. The van der Waals surface area contributed by atoms with Crippen molar-refractivity contribution in [3.63, 3.8) is 0 Å². The largest absolute Gasteiger partial charge is 0.273 e. The lowest BCUT2D eigenvalue weighted by Gasteiger charge is -1.98. The maximum absolute atomic E-state index is 11.3. The van der Waals surface area contributed by atoms with Crippen LogP contribution in [0.4, 0.5) is 0 Å². The zero-order chi connectivity index (χ0) is 10.8. The Morgan fingerprint density at radius 1 is 1.60 bits per heavy atom. The van der Waals surface area contributed by atoms with E-state index in [1.807, 2.05) is 19.1 Å². The van der Waals surface area contributed by atoms with Gasteiger partial charge in [0.1, 0.15) is 0 Å². The summed E-state index contributed by atoms with van der Waals surface area (Å²) in [6.45, 7) is 1.89. The summed E-state index contributed by atoms with van der Waals surface area (Å²) in [6.07, 6.45) is 2.01. The van der Waals surface area contributed by atoms with Crippen LogP contribution in [0, 0.1) is 5.92 Å². The predicted octanol–water partition coefficient (Wildman–Crippen LogP) is 2.76. The van der Waals surface area contributed by atoms with Crippen molar-refractivity contribution in [2.45, 2.75) is 19.8 Å². The van der Waals surface area contributed by atoms with Crippen molar-refractivity contribution in [2.24, 2.45) is 11.0 Å². The highest BCUT2D eigenvalue weighted by Gasteiger charge is 2.29. The fraction of sp³-hybridized carbons (Fsp3) is 0.400. The number of carbonyl (C=O) groups is 1. The van der Waals surface area contributed by atoms with Crippen molar-refractivity contribution in [1.29, 1.82) is 0 Å². The van der Waals surface area contributed by atoms with Crippen LogP contribution in [-0.2, 0) is 4.79 Å². The Balaban J connectivity index is 1.97. The highest BCUT2D eigenvalue weighted by molar-refractivity contribution is 9.11. The molecule has 0 bridgehead atoms. The fourth-order valence-electron chi connectivity index (χ4n) is 1.14. The molecule has 0 saturated heterocycles. The number of hydrogen-bond acceptors (Lipinski definition) is 3. The molecule has 0 unspecified atom stereocenters. The van der Waals surface area contributed by atoms with Crippen molar-refractivity contribution in [3.8, 4) is 0 Å². The third kappa shape index (κ3) is 2.89. The molecular weight excluding hydrogens is 276 g/mol. The molecular formula is C10H11BrN2OS. The highest BCUT2D eigenvalue weighted by Crippen LogP contribution is 2.28. The monoisotopic (exact) mass is 286 g/mol. The normalized spacial score (nSPS) is 16.5. The molecule has 0 aromatic carbocycles. The second-order valence-electron chi connectivity index (χ2n) is 3.55. The summed E-state index contributed by atoms with van der Waals surface area (Å²) in [4.78, 5) is 12.4. The topological polar surface area (TPSA) is 41.5 Å². The van der Waals surface area contributed by atoms with Gasteiger partial charge in [0.2, 0.25) is 5.91 Å². The van der Waals surface area contributed by atoms with Crippen LogP contribution in [0.3, 0.4) is 0 Å². The number of hydrogen-bond donors (Lipinski definition) is 1. The van der Waals surface area contributed by atoms with E-state index in [1.165, 1.54) is 0 Å². The molecule has 1 saturated carbocycles. The zero-order valence-corrected chi connectivity index (χ0v) is 10.7. The third-order valence-electron chi connectivity index (χ3n) is 2.21. The lowest BCUT2D eigenvalue weighted by Crippen LogP contribution is -2.20. The Labute approximate surface area is 101 Å². The minimum atomic E-state index is 0.0463. The average Bonchev–Trinajstić information content (AvgIpc) is 2.97. The van der Waals surface area contributed by atoms with E-state index in [-0.39, 0.29) is 11.8 Å². The van der Waals surface area contributed by atoms with E-state index in [1.54, 1.807) is 11.3 Å². The van der Waals surface area contributed by atoms with E-state index in [0.717, 1.165) is 27.2 Å². The van der Waals surface area contributed by atoms with Gasteiger partial charge in [0.05, 0.1) is 14.4 Å². The van der Waals surface area contributed by atoms with Gasteiger partial charge in [-0.2, -0.15) is 5.10 Å². The molecule has 0 atom stereocenters. The van der Waals surface area contributed by atoms with Crippen LogP contribution >= 0.6 is 27.3 Å². The quantitative estimate of drug-likeness (QED) is 0.674. The number of halogens is 1. The van der Waals surface area contributed by atoms with E-state index >= 15 is 0 Å². The Bertz CT molecular complexity index is 409. The standard InChI is InChI=1S/C10H11BrN2OS/c1-6(8-4-5-9(11)15-8)12-13-10(14)7-2-3-7/h4-5,7H,2-3H2,1H3,(H,13,14)/b12-6-. The van der Waals surface area contributed by atoms with Crippen LogP contribution < -0.4 is 5.43 Å². The van der Waals surface area contributed by atoms with Gasteiger partial charge in [-0.05, 0) is 47.8 Å². The first kappa shape index (κ1) is 10.8. The highest BCUT2D eigenvalue weighted by atomic mass is 79.9. The van der Waals surface area contributed by atoms with Gasteiger partial charge < -0.3 is 0 Å². The molecule has 1 aromatic heterocycles. The average molecular weight is 287 g/mol. The summed E-state index contributed by atoms with van der Waals surface area (Å²) in [6, 6.07) is 3.96. The maximum atomic E-state index is 11.3. The van der Waals surface area contributed by atoms with Gasteiger partial charge in [0.25, 0.3) is 0 Å². The molecule has 3 nitrogen and oxygen atoms in total. The van der Waals surface area contributed by atoms with Crippen LogP contribution in [0.25, 0.3) is 0 Å². The van der Waals surface area contributed by atoms with Crippen LogP contribution in [-0.4, -0.2) is 11.6 Å². The molecule has 0 aliphatic heterocycles. The van der Waals surface area contributed by atoms with Gasteiger partial charge in [0.15, 0.2) is 0 Å². The van der Waals surface area contributed by atoms with Crippen molar-refractivity contribution < 1.29 is 4.79 Å². The molecule has 0 spiro atoms. The first-order valence-electron chi connectivity index (χ1n) is 4.76. The van der Waals surface area contributed by atoms with Crippen molar-refractivity contribution in [3.05, 3.63) is 20.8 Å². The molecule has 1 aliphatic rings. The first-order valence-corrected chi connectivity index (χ1v) is 6.37. The number of hydrazone groups is 1. The summed E-state index contributed by atoms with van der Waals surface area (Å²) < 4.78 is 1.07. The lowest BCUT2D eigenvalue weighted by atomic mass is 10.3. The van der Waals surface area contributed by atoms with E-state index in [9.17, 15) is 4.79 Å². The van der Waals surface area contributed by atoms with Gasteiger partial charge in [0, 0.05) is 5.92 Å². The second-order valence-corrected chi connectivity index (χ2v) is 6.01. The summed E-state index contributed by atoms with van der Waals surface area (Å²) in [5.41, 5.74) is 3.44. The van der Waals surface area contributed by atoms with Crippen LogP contribution in [0.5, 0.6) is 0 Å². The number of rotatable bonds is 3. The molecule has 80 valence electrons. The zero-order valence-electron chi connectivity index (χ0n) is 8.29. The predicted molar refractivity (Wildman–Crippen MR) is 65.1 cm³/mol. The Morgan fingerprint density at radius 3 is 2.87 bits per heavy atom.